The van der Waals surface area contributed by atoms with Gasteiger partial charge in [0.15, 0.2) is 6.10 Å². The summed E-state index contributed by atoms with van der Waals surface area (Å²) in [6.07, 6.45) is 27.8. The van der Waals surface area contributed by atoms with E-state index < -0.39 is 57.9 Å². The first kappa shape index (κ1) is 52.9. The number of hydrogen-bond acceptors (Lipinski definition) is 11. The third-order valence-corrected chi connectivity index (χ3v) is 10.3. The molecule has 0 aromatic heterocycles. The summed E-state index contributed by atoms with van der Waals surface area (Å²) in [4.78, 5) is 35.3. The Labute approximate surface area is 328 Å². The van der Waals surface area contributed by atoms with Crippen LogP contribution in [0.25, 0.3) is 0 Å². The molecular formula is C41H81O12P. The molecule has 0 rings (SSSR count). The number of unbranched alkanes of at least 4 members (excludes halogenated alkanes) is 24. The van der Waals surface area contributed by atoms with Crippen LogP contribution in [0.5, 0.6) is 0 Å². The molecule has 4 atom stereocenters. The molecule has 0 amide bonds. The zero-order chi connectivity index (χ0) is 40.0. The van der Waals surface area contributed by atoms with E-state index >= 15 is 0 Å². The molecule has 13 heteroatoms. The van der Waals surface area contributed by atoms with E-state index in [2.05, 4.69) is 13.8 Å². The van der Waals surface area contributed by atoms with Crippen LogP contribution in [0.1, 0.15) is 194 Å². The standard InChI is InChI=1S/C41H81O12P/c1-3-5-7-9-11-13-15-17-19-21-23-25-27-29-40(45)50-35-39(36-52-54(47,48)51-34-38(44)33-49-32-37(43)31-42)53-41(46)30-28-26-24-22-20-18-16-14-12-10-8-6-4-2/h37-39,42-44H,3-36H2,1-2H3,(H,47,48)/t37?,38?,39-/m1/s1. The molecule has 12 nitrogen and oxygen atoms in total. The number of hydrogen-bond donors (Lipinski definition) is 4. The first-order valence-electron chi connectivity index (χ1n) is 21.6. The van der Waals surface area contributed by atoms with Gasteiger partial charge in [0.25, 0.3) is 0 Å². The molecule has 322 valence electrons. The highest BCUT2D eigenvalue weighted by Gasteiger charge is 2.27. The quantitative estimate of drug-likeness (QED) is 0.0262. The molecule has 3 unspecified atom stereocenters. The maximum atomic E-state index is 12.7. The zero-order valence-electron chi connectivity index (χ0n) is 34.3. The molecule has 0 heterocycles. The van der Waals surface area contributed by atoms with Crippen LogP contribution in [0.4, 0.5) is 0 Å². The van der Waals surface area contributed by atoms with Gasteiger partial charge in [-0.25, -0.2) is 4.57 Å². The van der Waals surface area contributed by atoms with E-state index in [1.165, 1.54) is 116 Å². The molecule has 0 bridgehead atoms. The molecule has 0 spiro atoms. The van der Waals surface area contributed by atoms with Gasteiger partial charge in [-0.05, 0) is 12.8 Å². The molecule has 0 saturated carbocycles. The van der Waals surface area contributed by atoms with Crippen LogP contribution in [0, 0.1) is 0 Å². The number of phosphoric acid groups is 1. The molecule has 0 fully saturated rings. The number of carbonyl (C=O) groups excluding carboxylic acids is 2. The summed E-state index contributed by atoms with van der Waals surface area (Å²) in [5.41, 5.74) is 0. The van der Waals surface area contributed by atoms with Crippen molar-refractivity contribution in [3.8, 4) is 0 Å². The summed E-state index contributed by atoms with van der Waals surface area (Å²) in [7, 11) is -4.68. The van der Waals surface area contributed by atoms with Gasteiger partial charge in [0, 0.05) is 12.8 Å². The number of aliphatic hydroxyl groups excluding tert-OH is 3. The molecule has 0 aliphatic rings. The molecule has 0 aromatic carbocycles. The second-order valence-electron chi connectivity index (χ2n) is 14.9. The van der Waals surface area contributed by atoms with Crippen LogP contribution in [0.15, 0.2) is 0 Å². The molecule has 0 aliphatic carbocycles. The summed E-state index contributed by atoms with van der Waals surface area (Å²) in [5, 5.41) is 28.1. The third-order valence-electron chi connectivity index (χ3n) is 9.38. The highest BCUT2D eigenvalue weighted by molar-refractivity contribution is 7.47. The largest absolute Gasteiger partial charge is 0.472 e. The van der Waals surface area contributed by atoms with Crippen LogP contribution in [0.3, 0.4) is 0 Å². The maximum absolute atomic E-state index is 12.7. The molecule has 0 saturated heterocycles. The number of rotatable bonds is 42. The van der Waals surface area contributed by atoms with E-state index in [4.69, 9.17) is 28.4 Å². The minimum Gasteiger partial charge on any atom is -0.462 e. The van der Waals surface area contributed by atoms with E-state index in [-0.39, 0.29) is 32.7 Å². The highest BCUT2D eigenvalue weighted by Crippen LogP contribution is 2.43. The normalized spacial score (nSPS) is 14.4. The summed E-state index contributed by atoms with van der Waals surface area (Å²) in [6, 6.07) is 0. The lowest BCUT2D eigenvalue weighted by atomic mass is 10.0. The van der Waals surface area contributed by atoms with E-state index in [1.54, 1.807) is 0 Å². The van der Waals surface area contributed by atoms with Crippen molar-refractivity contribution in [2.75, 3.05) is 39.6 Å². The average Bonchev–Trinajstić information content (AvgIpc) is 3.15. The van der Waals surface area contributed by atoms with Crippen LogP contribution >= 0.6 is 7.82 Å². The molecule has 4 N–H and O–H groups in total. The molecule has 54 heavy (non-hydrogen) atoms. The number of aliphatic hydroxyl groups is 3. The molecular weight excluding hydrogens is 715 g/mol. The van der Waals surface area contributed by atoms with Crippen molar-refractivity contribution in [1.82, 2.24) is 0 Å². The Kier molecular flexibility index (Phi) is 38.0. The summed E-state index contributed by atoms with van der Waals surface area (Å²) < 4.78 is 38.2. The van der Waals surface area contributed by atoms with Crippen molar-refractivity contribution >= 4 is 19.8 Å². The van der Waals surface area contributed by atoms with Gasteiger partial charge in [-0.15, -0.1) is 0 Å². The first-order chi connectivity index (χ1) is 26.1. The summed E-state index contributed by atoms with van der Waals surface area (Å²) in [5.74, 6) is -0.945. The predicted octanol–water partition coefficient (Wildman–Crippen LogP) is 9.27. The Balaban J connectivity index is 4.52. The Morgan fingerprint density at radius 2 is 0.870 bits per heavy atom. The smallest absolute Gasteiger partial charge is 0.462 e. The van der Waals surface area contributed by atoms with Crippen molar-refractivity contribution < 1.29 is 57.6 Å². The SMILES string of the molecule is CCCCCCCCCCCCCCCC(=O)OC[C@H](COP(=O)(O)OCC(O)COCC(O)CO)OC(=O)CCCCCCCCCCCCCCC. The van der Waals surface area contributed by atoms with Gasteiger partial charge in [0.1, 0.15) is 18.8 Å². The van der Waals surface area contributed by atoms with Crippen LogP contribution < -0.4 is 0 Å². The fraction of sp³-hybridized carbons (Fsp3) is 0.951. The molecule has 0 aromatic rings. The minimum absolute atomic E-state index is 0.172. The minimum atomic E-state index is -4.68. The van der Waals surface area contributed by atoms with Gasteiger partial charge in [-0.3, -0.25) is 18.6 Å². The summed E-state index contributed by atoms with van der Waals surface area (Å²) >= 11 is 0. The van der Waals surface area contributed by atoms with Crippen LogP contribution in [0.2, 0.25) is 0 Å². The second kappa shape index (κ2) is 38.7. The van der Waals surface area contributed by atoms with Crippen molar-refractivity contribution in [3.63, 3.8) is 0 Å². The Morgan fingerprint density at radius 3 is 1.30 bits per heavy atom. The number of esters is 2. The zero-order valence-corrected chi connectivity index (χ0v) is 35.2. The third kappa shape index (κ3) is 37.8. The lowest BCUT2D eigenvalue weighted by molar-refractivity contribution is -0.161. The number of carbonyl (C=O) groups is 2. The number of phosphoric ester groups is 1. The Hall–Kier alpha value is -1.11. The van der Waals surface area contributed by atoms with Crippen molar-refractivity contribution in [2.45, 2.75) is 212 Å². The van der Waals surface area contributed by atoms with E-state index in [0.29, 0.717) is 12.8 Å². The van der Waals surface area contributed by atoms with E-state index in [9.17, 15) is 29.3 Å². The van der Waals surface area contributed by atoms with Crippen molar-refractivity contribution in [2.24, 2.45) is 0 Å². The predicted molar refractivity (Wildman–Crippen MR) is 213 cm³/mol. The topological polar surface area (TPSA) is 178 Å². The molecule has 0 radical (unpaired) electrons. The number of ether oxygens (including phenoxy) is 3. The van der Waals surface area contributed by atoms with E-state index in [1.807, 2.05) is 0 Å². The second-order valence-corrected chi connectivity index (χ2v) is 16.3. The lowest BCUT2D eigenvalue weighted by Gasteiger charge is -2.20. The van der Waals surface area contributed by atoms with Crippen LogP contribution in [-0.2, 0) is 37.4 Å². The molecule has 0 aliphatic heterocycles. The van der Waals surface area contributed by atoms with Gasteiger partial charge in [0.2, 0.25) is 0 Å². The van der Waals surface area contributed by atoms with Gasteiger partial charge in [-0.1, -0.05) is 168 Å². The Bertz CT molecular complexity index is 892. The van der Waals surface area contributed by atoms with E-state index in [0.717, 1.165) is 38.5 Å². The van der Waals surface area contributed by atoms with Gasteiger partial charge in [-0.2, -0.15) is 0 Å². The van der Waals surface area contributed by atoms with Gasteiger partial charge < -0.3 is 34.4 Å². The van der Waals surface area contributed by atoms with Crippen molar-refractivity contribution in [3.05, 3.63) is 0 Å². The lowest BCUT2D eigenvalue weighted by Crippen LogP contribution is -2.30. The highest BCUT2D eigenvalue weighted by atomic mass is 31.2. The first-order valence-corrected chi connectivity index (χ1v) is 23.1. The van der Waals surface area contributed by atoms with Crippen LogP contribution in [-0.4, -0.2) is 90.1 Å². The fourth-order valence-electron chi connectivity index (χ4n) is 6.03. The summed E-state index contributed by atoms with van der Waals surface area (Å²) in [6.45, 7) is 1.92. The maximum Gasteiger partial charge on any atom is 0.472 e. The van der Waals surface area contributed by atoms with Crippen molar-refractivity contribution in [1.29, 1.82) is 0 Å². The van der Waals surface area contributed by atoms with Gasteiger partial charge >= 0.3 is 19.8 Å². The van der Waals surface area contributed by atoms with Gasteiger partial charge in [0.05, 0.1) is 33.0 Å². The monoisotopic (exact) mass is 797 g/mol. The fourth-order valence-corrected chi connectivity index (χ4v) is 6.82. The Morgan fingerprint density at radius 1 is 0.500 bits per heavy atom. The average molecular weight is 797 g/mol.